The van der Waals surface area contributed by atoms with E-state index < -0.39 is 18.0 Å². The summed E-state index contributed by atoms with van der Waals surface area (Å²) in [6.07, 6.45) is -0.973. The maximum absolute atomic E-state index is 13.3. The van der Waals surface area contributed by atoms with Crippen LogP contribution in [0.25, 0.3) is 0 Å². The predicted molar refractivity (Wildman–Crippen MR) is 69.7 cm³/mol. The molecule has 94 valence electrons. The van der Waals surface area contributed by atoms with E-state index in [0.29, 0.717) is 5.56 Å². The molecule has 4 heteroatoms. The molecule has 0 bridgehead atoms. The van der Waals surface area contributed by atoms with Gasteiger partial charge in [0.25, 0.3) is 0 Å². The van der Waals surface area contributed by atoms with Crippen LogP contribution in [0.1, 0.15) is 23.3 Å². The Hall–Kier alpha value is -1.42. The minimum Gasteiger partial charge on any atom is -0.386 e. The fraction of sp³-hybridized carbons (Fsp3) is 0.143. The first-order chi connectivity index (χ1) is 8.59. The average molecular weight is 266 g/mol. The average Bonchev–Trinajstić information content (AvgIpc) is 2.41. The Bertz CT molecular complexity index is 533. The molecule has 0 aliphatic heterocycles. The van der Waals surface area contributed by atoms with Crippen molar-refractivity contribution in [3.8, 4) is 0 Å². The molecule has 0 heterocycles. The number of halogens is 2. The third kappa shape index (κ3) is 2.70. The second-order valence-corrected chi connectivity index (χ2v) is 4.46. The van der Waals surface area contributed by atoms with Gasteiger partial charge in [-0.25, -0.2) is 4.39 Å². The molecule has 0 aliphatic rings. The van der Waals surface area contributed by atoms with E-state index in [4.69, 9.17) is 17.3 Å². The second-order valence-electron chi connectivity index (χ2n) is 4.05. The van der Waals surface area contributed by atoms with E-state index in [1.807, 2.05) is 30.3 Å². The highest BCUT2D eigenvalue weighted by molar-refractivity contribution is 6.30. The highest BCUT2D eigenvalue weighted by atomic mass is 35.5. The van der Waals surface area contributed by atoms with Gasteiger partial charge in [-0.1, -0.05) is 48.0 Å². The molecule has 3 N–H and O–H groups in total. The zero-order chi connectivity index (χ0) is 13.1. The van der Waals surface area contributed by atoms with Gasteiger partial charge >= 0.3 is 0 Å². The summed E-state index contributed by atoms with van der Waals surface area (Å²) in [4.78, 5) is 0. The Kier molecular flexibility index (Phi) is 3.97. The van der Waals surface area contributed by atoms with Crippen molar-refractivity contribution in [1.29, 1.82) is 0 Å². The third-order valence-corrected chi connectivity index (χ3v) is 3.12. The Morgan fingerprint density at radius 2 is 1.72 bits per heavy atom. The molecular weight excluding hydrogens is 253 g/mol. The summed E-state index contributed by atoms with van der Waals surface area (Å²) in [6.45, 7) is 0. The summed E-state index contributed by atoms with van der Waals surface area (Å²) in [5.41, 5.74) is 7.16. The summed E-state index contributed by atoms with van der Waals surface area (Å²) < 4.78 is 13.3. The number of rotatable bonds is 3. The molecule has 2 aromatic carbocycles. The maximum Gasteiger partial charge on any atom is 0.142 e. The number of hydrogen-bond acceptors (Lipinski definition) is 2. The summed E-state index contributed by atoms with van der Waals surface area (Å²) in [5, 5.41) is 10.2. The normalized spacial score (nSPS) is 14.2. The highest BCUT2D eigenvalue weighted by Gasteiger charge is 2.19. The molecule has 2 unspecified atom stereocenters. The SMILES string of the molecule is NC(c1ccccc1)C(O)c1ccc(Cl)c(F)c1. The molecule has 0 saturated carbocycles. The minimum atomic E-state index is -0.973. The molecule has 18 heavy (non-hydrogen) atoms. The Morgan fingerprint density at radius 1 is 1.06 bits per heavy atom. The van der Waals surface area contributed by atoms with Crippen molar-refractivity contribution < 1.29 is 9.50 Å². The molecule has 0 fully saturated rings. The summed E-state index contributed by atoms with van der Waals surface area (Å²) in [7, 11) is 0. The Labute approximate surface area is 110 Å². The van der Waals surface area contributed by atoms with Crippen LogP contribution in [0.2, 0.25) is 5.02 Å². The number of benzene rings is 2. The van der Waals surface area contributed by atoms with E-state index in [1.54, 1.807) is 6.07 Å². The lowest BCUT2D eigenvalue weighted by atomic mass is 9.97. The van der Waals surface area contributed by atoms with Gasteiger partial charge < -0.3 is 10.8 Å². The van der Waals surface area contributed by atoms with Crippen molar-refractivity contribution in [3.05, 3.63) is 70.5 Å². The Balaban J connectivity index is 2.25. The lowest BCUT2D eigenvalue weighted by molar-refractivity contribution is 0.146. The zero-order valence-electron chi connectivity index (χ0n) is 9.55. The first-order valence-corrected chi connectivity index (χ1v) is 5.91. The van der Waals surface area contributed by atoms with Gasteiger partial charge in [0.1, 0.15) is 5.82 Å². The molecule has 0 saturated heterocycles. The van der Waals surface area contributed by atoms with Crippen molar-refractivity contribution >= 4 is 11.6 Å². The molecular formula is C14H13ClFNO. The van der Waals surface area contributed by atoms with Crippen LogP contribution >= 0.6 is 11.6 Å². The van der Waals surface area contributed by atoms with E-state index in [-0.39, 0.29) is 5.02 Å². The van der Waals surface area contributed by atoms with Crippen LogP contribution < -0.4 is 5.73 Å². The van der Waals surface area contributed by atoms with Gasteiger partial charge in [-0.05, 0) is 23.3 Å². The second kappa shape index (κ2) is 5.48. The molecule has 0 spiro atoms. The highest BCUT2D eigenvalue weighted by Crippen LogP contribution is 2.28. The van der Waals surface area contributed by atoms with E-state index in [2.05, 4.69) is 0 Å². The van der Waals surface area contributed by atoms with Gasteiger partial charge in [-0.15, -0.1) is 0 Å². The monoisotopic (exact) mass is 265 g/mol. The van der Waals surface area contributed by atoms with Gasteiger partial charge in [0, 0.05) is 0 Å². The molecule has 0 aliphatic carbocycles. The number of hydrogen-bond donors (Lipinski definition) is 2. The van der Waals surface area contributed by atoms with E-state index in [9.17, 15) is 9.50 Å². The Morgan fingerprint density at radius 3 is 2.33 bits per heavy atom. The molecule has 2 nitrogen and oxygen atoms in total. The van der Waals surface area contributed by atoms with E-state index in [0.717, 1.165) is 5.56 Å². The van der Waals surface area contributed by atoms with Gasteiger partial charge in [0.2, 0.25) is 0 Å². The lowest BCUT2D eigenvalue weighted by Crippen LogP contribution is -2.19. The molecule has 2 rings (SSSR count). The molecule has 0 amide bonds. The van der Waals surface area contributed by atoms with E-state index >= 15 is 0 Å². The predicted octanol–water partition coefficient (Wildman–Crippen LogP) is 3.21. The number of aliphatic hydroxyl groups excluding tert-OH is 1. The van der Waals surface area contributed by atoms with Gasteiger partial charge in [0.05, 0.1) is 17.2 Å². The standard InChI is InChI=1S/C14H13ClFNO/c15-11-7-6-10(8-12(11)16)14(18)13(17)9-4-2-1-3-5-9/h1-8,13-14,18H,17H2. The van der Waals surface area contributed by atoms with Crippen LogP contribution in [0.4, 0.5) is 4.39 Å². The smallest absolute Gasteiger partial charge is 0.142 e. The van der Waals surface area contributed by atoms with Gasteiger partial charge in [0.15, 0.2) is 0 Å². The fourth-order valence-electron chi connectivity index (χ4n) is 1.76. The first-order valence-electron chi connectivity index (χ1n) is 5.53. The topological polar surface area (TPSA) is 46.2 Å². The van der Waals surface area contributed by atoms with Crippen molar-refractivity contribution in [2.75, 3.05) is 0 Å². The van der Waals surface area contributed by atoms with Crippen LogP contribution in [-0.2, 0) is 0 Å². The van der Waals surface area contributed by atoms with Gasteiger partial charge in [-0.2, -0.15) is 0 Å². The van der Waals surface area contributed by atoms with Crippen LogP contribution in [-0.4, -0.2) is 5.11 Å². The molecule has 0 radical (unpaired) electrons. The molecule has 2 atom stereocenters. The van der Waals surface area contributed by atoms with Crippen LogP contribution in [0.5, 0.6) is 0 Å². The quantitative estimate of drug-likeness (QED) is 0.895. The fourth-order valence-corrected chi connectivity index (χ4v) is 1.88. The maximum atomic E-state index is 13.3. The van der Waals surface area contributed by atoms with Crippen molar-refractivity contribution in [2.45, 2.75) is 12.1 Å². The van der Waals surface area contributed by atoms with Crippen molar-refractivity contribution in [2.24, 2.45) is 5.73 Å². The first kappa shape index (κ1) is 13.0. The van der Waals surface area contributed by atoms with Crippen molar-refractivity contribution in [1.82, 2.24) is 0 Å². The largest absolute Gasteiger partial charge is 0.386 e. The number of aliphatic hydroxyl groups is 1. The molecule has 0 aromatic heterocycles. The van der Waals surface area contributed by atoms with Crippen molar-refractivity contribution in [3.63, 3.8) is 0 Å². The summed E-state index contributed by atoms with van der Waals surface area (Å²) >= 11 is 5.59. The third-order valence-electron chi connectivity index (χ3n) is 2.81. The summed E-state index contributed by atoms with van der Waals surface area (Å²) in [6, 6.07) is 12.8. The molecule has 2 aromatic rings. The zero-order valence-corrected chi connectivity index (χ0v) is 10.3. The number of nitrogens with two attached hydrogens (primary N) is 1. The lowest BCUT2D eigenvalue weighted by Gasteiger charge is -2.19. The van der Waals surface area contributed by atoms with Crippen LogP contribution in [0, 0.1) is 5.82 Å². The van der Waals surface area contributed by atoms with Crippen LogP contribution in [0.3, 0.4) is 0 Å². The van der Waals surface area contributed by atoms with Crippen LogP contribution in [0.15, 0.2) is 48.5 Å². The van der Waals surface area contributed by atoms with Gasteiger partial charge in [-0.3, -0.25) is 0 Å². The van der Waals surface area contributed by atoms with E-state index in [1.165, 1.54) is 12.1 Å². The minimum absolute atomic E-state index is 0.0271. The summed E-state index contributed by atoms with van der Waals surface area (Å²) in [5.74, 6) is -0.562.